The van der Waals surface area contributed by atoms with Gasteiger partial charge in [-0.05, 0) is 0 Å². The van der Waals surface area contributed by atoms with E-state index in [1.807, 2.05) is 18.2 Å². The molecule has 0 N–H and O–H groups in total. The number of ether oxygens (including phenoxy) is 3. The molecule has 5 nitrogen and oxygen atoms in total. The van der Waals surface area contributed by atoms with E-state index < -0.39 is 0 Å². The molecule has 1 aromatic carbocycles. The Morgan fingerprint density at radius 3 is 2.39 bits per heavy atom. The fourth-order valence-corrected chi connectivity index (χ4v) is 1.47. The van der Waals surface area contributed by atoms with E-state index in [1.54, 1.807) is 13.2 Å². The molecule has 0 spiro atoms. The van der Waals surface area contributed by atoms with E-state index in [4.69, 9.17) is 19.6 Å². The Kier molecular flexibility index (Phi) is 7.73. The lowest BCUT2D eigenvalue weighted by Gasteiger charge is -2.04. The van der Waals surface area contributed by atoms with Crippen molar-refractivity contribution in [3.63, 3.8) is 0 Å². The summed E-state index contributed by atoms with van der Waals surface area (Å²) in [5.74, 6) is 0. The van der Waals surface area contributed by atoms with Crippen LogP contribution in [0.5, 0.6) is 0 Å². The van der Waals surface area contributed by atoms with E-state index in [-0.39, 0.29) is 0 Å². The maximum Gasteiger partial charge on any atom is 0.388 e. The van der Waals surface area contributed by atoms with Crippen LogP contribution in [0.25, 0.3) is 4.98 Å². The van der Waals surface area contributed by atoms with E-state index in [9.17, 15) is 0 Å². The van der Waals surface area contributed by atoms with Gasteiger partial charge in [0.05, 0.1) is 33.0 Å². The van der Waals surface area contributed by atoms with Gasteiger partial charge in [-0.1, -0.05) is 18.2 Å². The highest BCUT2D eigenvalue weighted by molar-refractivity contribution is 5.51. The van der Waals surface area contributed by atoms with Crippen molar-refractivity contribution in [1.29, 1.82) is 5.39 Å². The normalized spacial score (nSPS) is 10.2. The largest absolute Gasteiger partial charge is 0.388 e. The van der Waals surface area contributed by atoms with Gasteiger partial charge in [-0.2, -0.15) is 0 Å². The molecule has 18 heavy (non-hydrogen) atoms. The Balaban J connectivity index is 2.09. The molecule has 0 aliphatic carbocycles. The van der Waals surface area contributed by atoms with Crippen LogP contribution >= 0.6 is 0 Å². The molecule has 0 aliphatic rings. The van der Waals surface area contributed by atoms with Gasteiger partial charge in [0, 0.05) is 25.2 Å². The predicted molar refractivity (Wildman–Crippen MR) is 68.4 cm³/mol. The topological polar surface area (TPSA) is 55.8 Å². The van der Waals surface area contributed by atoms with Gasteiger partial charge in [-0.15, -0.1) is 0 Å². The third-order valence-electron chi connectivity index (χ3n) is 2.42. The van der Waals surface area contributed by atoms with Crippen molar-refractivity contribution in [3.8, 4) is 0 Å². The molecule has 1 aromatic rings. The van der Waals surface area contributed by atoms with Gasteiger partial charge in [0.25, 0.3) is 0 Å². The molecule has 0 heterocycles. The Labute approximate surface area is 107 Å². The van der Waals surface area contributed by atoms with Crippen LogP contribution in [0.15, 0.2) is 24.3 Å². The van der Waals surface area contributed by atoms with E-state index in [0.717, 1.165) is 12.0 Å². The number of rotatable bonds is 9. The van der Waals surface area contributed by atoms with Crippen molar-refractivity contribution in [2.24, 2.45) is 0 Å². The van der Waals surface area contributed by atoms with Crippen molar-refractivity contribution in [1.82, 2.24) is 0 Å². The molecule has 0 radical (unpaired) electrons. The summed E-state index contributed by atoms with van der Waals surface area (Å²) < 4.78 is 15.5. The zero-order chi connectivity index (χ0) is 13.1. The number of methoxy groups -OCH3 is 1. The van der Waals surface area contributed by atoms with Crippen molar-refractivity contribution in [2.45, 2.75) is 6.42 Å². The maximum atomic E-state index is 8.79. The molecule has 0 aliphatic heterocycles. The fourth-order valence-electron chi connectivity index (χ4n) is 1.47. The molecule has 0 unspecified atom stereocenters. The molecule has 0 amide bonds. The summed E-state index contributed by atoms with van der Waals surface area (Å²) >= 11 is 0. The van der Waals surface area contributed by atoms with Crippen LogP contribution in [0.4, 0.5) is 5.69 Å². The van der Waals surface area contributed by atoms with Crippen LogP contribution in [-0.2, 0) is 20.6 Å². The van der Waals surface area contributed by atoms with Crippen LogP contribution in [0, 0.1) is 5.39 Å². The first-order valence-electron chi connectivity index (χ1n) is 5.96. The highest BCUT2D eigenvalue weighted by Gasteiger charge is 2.10. The molecule has 0 fully saturated rings. The van der Waals surface area contributed by atoms with Gasteiger partial charge in [-0.3, -0.25) is 0 Å². The Morgan fingerprint density at radius 2 is 1.67 bits per heavy atom. The summed E-state index contributed by atoms with van der Waals surface area (Å²) in [4.78, 5) is 3.23. The van der Waals surface area contributed by atoms with Crippen LogP contribution in [0.2, 0.25) is 0 Å². The summed E-state index contributed by atoms with van der Waals surface area (Å²) in [6, 6.07) is 7.44. The minimum Gasteiger partial charge on any atom is -0.382 e. The smallest absolute Gasteiger partial charge is 0.382 e. The van der Waals surface area contributed by atoms with Gasteiger partial charge in [-0.25, -0.2) is 0 Å². The van der Waals surface area contributed by atoms with Crippen LogP contribution in [-0.4, -0.2) is 40.1 Å². The lowest BCUT2D eigenvalue weighted by Crippen LogP contribution is -2.09. The summed E-state index contributed by atoms with van der Waals surface area (Å²) in [7, 11) is 1.64. The van der Waals surface area contributed by atoms with Crippen molar-refractivity contribution in [3.05, 3.63) is 34.8 Å². The van der Waals surface area contributed by atoms with E-state index >= 15 is 0 Å². The monoisotopic (exact) mass is 251 g/mol. The first kappa shape index (κ1) is 14.6. The molecular formula is C13H19N2O3+. The van der Waals surface area contributed by atoms with Gasteiger partial charge in [0.15, 0.2) is 4.98 Å². The molecule has 0 bridgehead atoms. The van der Waals surface area contributed by atoms with Crippen LogP contribution in [0.1, 0.15) is 5.56 Å². The first-order chi connectivity index (χ1) is 8.88. The molecule has 0 saturated heterocycles. The van der Waals surface area contributed by atoms with Gasteiger partial charge < -0.3 is 14.2 Å². The fraction of sp³-hybridized carbons (Fsp3) is 0.538. The van der Waals surface area contributed by atoms with Gasteiger partial charge >= 0.3 is 5.69 Å². The van der Waals surface area contributed by atoms with Crippen molar-refractivity contribution in [2.75, 3.05) is 40.1 Å². The lowest BCUT2D eigenvalue weighted by atomic mass is 10.1. The second-order valence-corrected chi connectivity index (χ2v) is 3.70. The van der Waals surface area contributed by atoms with Crippen LogP contribution < -0.4 is 0 Å². The summed E-state index contributed by atoms with van der Waals surface area (Å²) in [5, 5.41) is 8.79. The summed E-state index contributed by atoms with van der Waals surface area (Å²) in [5.41, 5.74) is 1.57. The van der Waals surface area contributed by atoms with Crippen molar-refractivity contribution < 1.29 is 14.2 Å². The lowest BCUT2D eigenvalue weighted by molar-refractivity contribution is 0.0256. The third-order valence-corrected chi connectivity index (χ3v) is 2.42. The molecule has 5 heteroatoms. The molecule has 0 aromatic heterocycles. The number of benzene rings is 1. The molecular weight excluding hydrogens is 232 g/mol. The standard InChI is InChI=1S/C13H19N2O3/c1-16-8-9-18-11-10-17-7-6-12-4-2-3-5-13(12)15-14/h2-5H,6-11H2,1H3/q+1. The van der Waals surface area contributed by atoms with Gasteiger partial charge in [0.2, 0.25) is 5.39 Å². The third kappa shape index (κ3) is 5.73. The van der Waals surface area contributed by atoms with E-state index in [0.29, 0.717) is 38.7 Å². The molecule has 98 valence electrons. The second kappa shape index (κ2) is 9.54. The van der Waals surface area contributed by atoms with Crippen molar-refractivity contribution >= 4 is 5.69 Å². The minimum atomic E-state index is 0.558. The highest BCUT2D eigenvalue weighted by Crippen LogP contribution is 2.18. The maximum absolute atomic E-state index is 8.79. The zero-order valence-corrected chi connectivity index (χ0v) is 10.7. The van der Waals surface area contributed by atoms with E-state index in [2.05, 4.69) is 4.98 Å². The quantitative estimate of drug-likeness (QED) is 0.499. The van der Waals surface area contributed by atoms with Crippen LogP contribution in [0.3, 0.4) is 0 Å². The Morgan fingerprint density at radius 1 is 1.00 bits per heavy atom. The summed E-state index contributed by atoms with van der Waals surface area (Å²) in [6.45, 7) is 2.90. The SMILES string of the molecule is COCCOCCOCCc1ccccc1[N+]#N. The Hall–Kier alpha value is -1.48. The average Bonchev–Trinajstić information content (AvgIpc) is 2.42. The zero-order valence-electron chi connectivity index (χ0n) is 10.7. The second-order valence-electron chi connectivity index (χ2n) is 3.70. The summed E-state index contributed by atoms with van der Waals surface area (Å²) in [6.07, 6.45) is 0.721. The number of diazo groups is 1. The number of hydrogen-bond donors (Lipinski definition) is 0. The average molecular weight is 251 g/mol. The van der Waals surface area contributed by atoms with Gasteiger partial charge in [0.1, 0.15) is 0 Å². The van der Waals surface area contributed by atoms with E-state index in [1.165, 1.54) is 0 Å². The first-order valence-corrected chi connectivity index (χ1v) is 5.96. The predicted octanol–water partition coefficient (Wildman–Crippen LogP) is 2.39. The minimum absolute atomic E-state index is 0.558. The number of nitrogens with zero attached hydrogens (tertiary/aromatic N) is 2. The highest BCUT2D eigenvalue weighted by atomic mass is 16.5. The molecule has 0 atom stereocenters. The Bertz CT molecular complexity index is 377. The molecule has 0 saturated carbocycles. The molecule has 1 rings (SSSR count). The number of hydrogen-bond acceptors (Lipinski definition) is 4.